The number of fused-ring (bicyclic) bond motifs is 1. The zero-order chi connectivity index (χ0) is 14.6. The van der Waals surface area contributed by atoms with Gasteiger partial charge in [-0.25, -0.2) is 13.1 Å². The molecule has 1 aliphatic heterocycles. The lowest BCUT2D eigenvalue weighted by Crippen LogP contribution is -2.28. The van der Waals surface area contributed by atoms with Crippen molar-refractivity contribution in [3.8, 4) is 5.75 Å². The second-order valence-electron chi connectivity index (χ2n) is 5.07. The van der Waals surface area contributed by atoms with Gasteiger partial charge >= 0.3 is 0 Å². The van der Waals surface area contributed by atoms with Crippen molar-refractivity contribution in [1.29, 1.82) is 0 Å². The second kappa shape index (κ2) is 6.45. The van der Waals surface area contributed by atoms with Crippen LogP contribution in [0, 0.1) is 0 Å². The maximum absolute atomic E-state index is 12.2. The summed E-state index contributed by atoms with van der Waals surface area (Å²) in [5.74, 6) is 0.702. The number of benzene rings is 1. The molecule has 0 amide bonds. The molecule has 2 rings (SSSR count). The Balaban J connectivity index is 2.08. The normalized spacial score (nSPS) is 18.0. The molecule has 1 heterocycles. The average Bonchev–Trinajstić information content (AvgIpc) is 2.43. The van der Waals surface area contributed by atoms with Gasteiger partial charge in [-0.3, -0.25) is 0 Å². The van der Waals surface area contributed by atoms with Crippen molar-refractivity contribution in [2.24, 2.45) is 0 Å². The Bertz CT molecular complexity index is 558. The largest absolute Gasteiger partial charge is 0.487 e. The van der Waals surface area contributed by atoms with Gasteiger partial charge in [-0.1, -0.05) is 19.8 Å². The molecule has 20 heavy (non-hydrogen) atoms. The summed E-state index contributed by atoms with van der Waals surface area (Å²) in [6.45, 7) is 5.22. The standard InChI is InChI=1S/C14H22N2O3S/c1-3-4-5-8-16-20(17,18)12-6-7-14-13(9-12)15-10-11(2)19-14/h6-7,9,11,15-16H,3-5,8,10H2,1-2H3. The van der Waals surface area contributed by atoms with Crippen LogP contribution in [0.1, 0.15) is 33.1 Å². The van der Waals surface area contributed by atoms with Crippen LogP contribution in [-0.2, 0) is 10.0 Å². The van der Waals surface area contributed by atoms with Gasteiger partial charge in [0.25, 0.3) is 0 Å². The molecule has 0 aliphatic carbocycles. The molecule has 1 unspecified atom stereocenters. The van der Waals surface area contributed by atoms with Gasteiger partial charge in [0.15, 0.2) is 0 Å². The molecule has 2 N–H and O–H groups in total. The number of hydrogen-bond donors (Lipinski definition) is 2. The van der Waals surface area contributed by atoms with Crippen LogP contribution < -0.4 is 14.8 Å². The summed E-state index contributed by atoms with van der Waals surface area (Å²) in [5.41, 5.74) is 0.736. The van der Waals surface area contributed by atoms with E-state index < -0.39 is 10.0 Å². The molecule has 6 heteroatoms. The van der Waals surface area contributed by atoms with Crippen molar-refractivity contribution in [2.75, 3.05) is 18.4 Å². The first-order valence-corrected chi connectivity index (χ1v) is 8.55. The van der Waals surface area contributed by atoms with Gasteiger partial charge in [-0.15, -0.1) is 0 Å². The molecular weight excluding hydrogens is 276 g/mol. The summed E-state index contributed by atoms with van der Waals surface area (Å²) in [4.78, 5) is 0.276. The third-order valence-corrected chi connectivity index (χ3v) is 4.70. The highest BCUT2D eigenvalue weighted by atomic mass is 32.2. The van der Waals surface area contributed by atoms with Gasteiger partial charge in [0, 0.05) is 6.54 Å². The first kappa shape index (κ1) is 15.1. The zero-order valence-corrected chi connectivity index (χ0v) is 12.8. The Morgan fingerprint density at radius 2 is 2.20 bits per heavy atom. The lowest BCUT2D eigenvalue weighted by Gasteiger charge is -2.25. The lowest BCUT2D eigenvalue weighted by atomic mass is 10.2. The predicted octanol–water partition coefficient (Wildman–Crippen LogP) is 2.35. The number of anilines is 1. The van der Waals surface area contributed by atoms with E-state index >= 15 is 0 Å². The van der Waals surface area contributed by atoms with E-state index in [1.54, 1.807) is 18.2 Å². The number of ether oxygens (including phenoxy) is 1. The van der Waals surface area contributed by atoms with E-state index in [0.29, 0.717) is 18.8 Å². The molecule has 1 aliphatic rings. The van der Waals surface area contributed by atoms with E-state index in [4.69, 9.17) is 4.74 Å². The summed E-state index contributed by atoms with van der Waals surface area (Å²) in [7, 11) is -3.43. The van der Waals surface area contributed by atoms with Gasteiger partial charge in [-0.05, 0) is 31.5 Å². The third-order valence-electron chi connectivity index (χ3n) is 3.24. The molecule has 1 aromatic rings. The summed E-state index contributed by atoms with van der Waals surface area (Å²) < 4.78 is 32.6. The average molecular weight is 298 g/mol. The van der Waals surface area contributed by atoms with Crippen molar-refractivity contribution in [2.45, 2.75) is 44.1 Å². The Labute approximate surface area is 120 Å². The zero-order valence-electron chi connectivity index (χ0n) is 12.0. The smallest absolute Gasteiger partial charge is 0.240 e. The lowest BCUT2D eigenvalue weighted by molar-refractivity contribution is 0.226. The van der Waals surface area contributed by atoms with Crippen molar-refractivity contribution in [3.05, 3.63) is 18.2 Å². The molecule has 0 radical (unpaired) electrons. The Kier molecular flexibility index (Phi) is 4.88. The maximum Gasteiger partial charge on any atom is 0.240 e. The van der Waals surface area contributed by atoms with Crippen LogP contribution in [0.5, 0.6) is 5.75 Å². The summed E-state index contributed by atoms with van der Waals surface area (Å²) in [6, 6.07) is 4.92. The Morgan fingerprint density at radius 3 is 2.95 bits per heavy atom. The molecule has 0 aromatic heterocycles. The summed E-state index contributed by atoms with van der Waals surface area (Å²) >= 11 is 0. The molecule has 0 spiro atoms. The first-order valence-electron chi connectivity index (χ1n) is 7.07. The molecule has 0 fully saturated rings. The Morgan fingerprint density at radius 1 is 1.40 bits per heavy atom. The van der Waals surface area contributed by atoms with Crippen LogP contribution in [0.4, 0.5) is 5.69 Å². The number of rotatable bonds is 6. The van der Waals surface area contributed by atoms with Crippen LogP contribution >= 0.6 is 0 Å². The van der Waals surface area contributed by atoms with Crippen molar-refractivity contribution in [1.82, 2.24) is 4.72 Å². The van der Waals surface area contributed by atoms with E-state index in [1.807, 2.05) is 6.92 Å². The molecule has 0 saturated carbocycles. The fourth-order valence-corrected chi connectivity index (χ4v) is 3.19. The minimum atomic E-state index is -3.43. The predicted molar refractivity (Wildman–Crippen MR) is 79.7 cm³/mol. The van der Waals surface area contributed by atoms with Crippen LogP contribution in [0.15, 0.2) is 23.1 Å². The molecule has 0 bridgehead atoms. The van der Waals surface area contributed by atoms with E-state index in [0.717, 1.165) is 24.9 Å². The number of hydrogen-bond acceptors (Lipinski definition) is 4. The SMILES string of the molecule is CCCCCNS(=O)(=O)c1ccc2c(c1)NCC(C)O2. The van der Waals surface area contributed by atoms with Gasteiger partial charge in [0.2, 0.25) is 10.0 Å². The van der Waals surface area contributed by atoms with Crippen LogP contribution in [0.3, 0.4) is 0 Å². The highest BCUT2D eigenvalue weighted by Crippen LogP contribution is 2.31. The van der Waals surface area contributed by atoms with Gasteiger partial charge in [0.05, 0.1) is 17.1 Å². The maximum atomic E-state index is 12.2. The number of sulfonamides is 1. The topological polar surface area (TPSA) is 67.4 Å². The van der Waals surface area contributed by atoms with Crippen molar-refractivity contribution >= 4 is 15.7 Å². The molecule has 1 aromatic carbocycles. The summed E-state index contributed by atoms with van der Waals surface area (Å²) in [6.07, 6.45) is 3.05. The minimum absolute atomic E-state index is 0.0946. The summed E-state index contributed by atoms with van der Waals surface area (Å²) in [5, 5.41) is 3.18. The molecule has 112 valence electrons. The monoisotopic (exact) mass is 298 g/mol. The quantitative estimate of drug-likeness (QED) is 0.791. The molecular formula is C14H22N2O3S. The number of nitrogens with one attached hydrogen (secondary N) is 2. The van der Waals surface area contributed by atoms with Crippen molar-refractivity contribution in [3.63, 3.8) is 0 Å². The van der Waals surface area contributed by atoms with Crippen LogP contribution in [0.25, 0.3) is 0 Å². The van der Waals surface area contributed by atoms with Crippen LogP contribution in [-0.4, -0.2) is 27.6 Å². The first-order chi connectivity index (χ1) is 9.53. The minimum Gasteiger partial charge on any atom is -0.487 e. The highest BCUT2D eigenvalue weighted by molar-refractivity contribution is 7.89. The Hall–Kier alpha value is -1.27. The molecule has 0 saturated heterocycles. The van der Waals surface area contributed by atoms with E-state index in [2.05, 4.69) is 17.0 Å². The van der Waals surface area contributed by atoms with Crippen LogP contribution in [0.2, 0.25) is 0 Å². The van der Waals surface area contributed by atoms with E-state index in [1.165, 1.54) is 0 Å². The van der Waals surface area contributed by atoms with Gasteiger partial charge in [-0.2, -0.15) is 0 Å². The fourth-order valence-electron chi connectivity index (χ4n) is 2.09. The third kappa shape index (κ3) is 3.64. The fraction of sp³-hybridized carbons (Fsp3) is 0.571. The van der Waals surface area contributed by atoms with E-state index in [-0.39, 0.29) is 11.0 Å². The second-order valence-corrected chi connectivity index (χ2v) is 6.84. The van der Waals surface area contributed by atoms with Gasteiger partial charge in [0.1, 0.15) is 11.9 Å². The van der Waals surface area contributed by atoms with E-state index in [9.17, 15) is 8.42 Å². The van der Waals surface area contributed by atoms with Crippen molar-refractivity contribution < 1.29 is 13.2 Å². The highest BCUT2D eigenvalue weighted by Gasteiger charge is 2.20. The number of unbranched alkanes of at least 4 members (excludes halogenated alkanes) is 2. The molecule has 5 nitrogen and oxygen atoms in total. The molecule has 1 atom stereocenters. The van der Waals surface area contributed by atoms with Gasteiger partial charge < -0.3 is 10.1 Å².